The van der Waals surface area contributed by atoms with E-state index in [4.69, 9.17) is 30.7 Å². The lowest BCUT2D eigenvalue weighted by molar-refractivity contribution is -0.147. The Morgan fingerprint density at radius 2 is 1.91 bits per heavy atom. The van der Waals surface area contributed by atoms with E-state index in [2.05, 4.69) is 0 Å². The molecule has 0 spiro atoms. The third kappa shape index (κ3) is 5.08. The molecule has 166 valence electrons. The van der Waals surface area contributed by atoms with Gasteiger partial charge in [0.25, 0.3) is 5.56 Å². The Bertz CT molecular complexity index is 1510. The van der Waals surface area contributed by atoms with E-state index in [0.29, 0.717) is 4.57 Å². The highest BCUT2D eigenvalue weighted by Gasteiger charge is 2.25. The summed E-state index contributed by atoms with van der Waals surface area (Å²) in [6.45, 7) is 2.59. The van der Waals surface area contributed by atoms with Gasteiger partial charge in [-0.2, -0.15) is 0 Å². The van der Waals surface area contributed by atoms with Crippen LogP contribution in [0.5, 0.6) is 5.75 Å². The quantitative estimate of drug-likeness (QED) is 0.359. The number of Topliss-reactive ketones (excluding diaryl/α,β-unsaturated/α-hetero) is 1. The van der Waals surface area contributed by atoms with Crippen molar-refractivity contribution in [2.24, 2.45) is 0 Å². The normalized spacial score (nSPS) is 15.2. The Hall–Kier alpha value is -3.38. The number of hydrogen-bond donors (Lipinski definition) is 0. The van der Waals surface area contributed by atoms with Gasteiger partial charge in [0.2, 0.25) is 0 Å². The van der Waals surface area contributed by atoms with E-state index in [1.807, 2.05) is 0 Å². The van der Waals surface area contributed by atoms with Gasteiger partial charge in [0, 0.05) is 31.3 Å². The van der Waals surface area contributed by atoms with Crippen LogP contribution in [0.3, 0.4) is 0 Å². The minimum atomic E-state index is -3.03. The summed E-state index contributed by atoms with van der Waals surface area (Å²) < 4.78 is 68.9. The molecule has 7 heteroatoms. The number of halogens is 1. The van der Waals surface area contributed by atoms with E-state index in [-0.39, 0.29) is 39.9 Å². The lowest BCUT2D eigenvalue weighted by atomic mass is 9.97. The molecule has 1 atom stereocenters. The second kappa shape index (κ2) is 10.3. The monoisotopic (exact) mass is 460 g/mol. The van der Waals surface area contributed by atoms with Gasteiger partial charge in [0.15, 0.2) is 5.78 Å². The van der Waals surface area contributed by atoms with Crippen molar-refractivity contribution < 1.29 is 28.7 Å². The fourth-order valence-corrected chi connectivity index (χ4v) is 3.24. The van der Waals surface area contributed by atoms with Crippen molar-refractivity contribution in [1.82, 2.24) is 4.57 Å². The van der Waals surface area contributed by atoms with Gasteiger partial charge >= 0.3 is 5.97 Å². The number of rotatable bonds is 8. The summed E-state index contributed by atoms with van der Waals surface area (Å²) in [7, 11) is 1.26. The minimum Gasteiger partial charge on any atom is -0.495 e. The molecule has 0 aliphatic rings. The summed E-state index contributed by atoms with van der Waals surface area (Å²) in [4.78, 5) is 38.8. The fraction of sp³-hybridized carbons (Fsp3) is 0.240. The van der Waals surface area contributed by atoms with Crippen LogP contribution in [0.2, 0.25) is 5.02 Å². The SMILES string of the molecule is [2H]c1c([2H])c([2H])c(C([2H])([2H])C(C(=O)OCC)n2cc(OC)c(-c3cc(Cl)ccc3C(C)=O)cc2=O)c([2H])c1[2H]. The zero-order chi connectivity index (χ0) is 29.4. The minimum absolute atomic E-state index is 0.0365. The first-order chi connectivity index (χ1) is 18.2. The maximum atomic E-state index is 13.5. The van der Waals surface area contributed by atoms with E-state index in [1.165, 1.54) is 39.2 Å². The van der Waals surface area contributed by atoms with E-state index >= 15 is 0 Å². The molecule has 32 heavy (non-hydrogen) atoms. The molecule has 0 bridgehead atoms. The first-order valence-electron chi connectivity index (χ1n) is 13.0. The molecule has 3 rings (SSSR count). The number of nitrogens with zero attached hydrogens (tertiary/aromatic N) is 1. The zero-order valence-corrected chi connectivity index (χ0v) is 18.3. The van der Waals surface area contributed by atoms with Crippen molar-refractivity contribution in [3.8, 4) is 16.9 Å². The molecule has 0 amide bonds. The van der Waals surface area contributed by atoms with Gasteiger partial charge in [-0.05, 0) is 43.2 Å². The molecule has 0 fully saturated rings. The smallest absolute Gasteiger partial charge is 0.329 e. The zero-order valence-electron chi connectivity index (χ0n) is 24.5. The molecule has 1 heterocycles. The Balaban J connectivity index is 2.37. The molecule has 6 nitrogen and oxygen atoms in total. The highest BCUT2D eigenvalue weighted by atomic mass is 35.5. The molecule has 2 aromatic carbocycles. The first-order valence-corrected chi connectivity index (χ1v) is 9.91. The topological polar surface area (TPSA) is 74.6 Å². The summed E-state index contributed by atoms with van der Waals surface area (Å²) >= 11 is 6.13. The van der Waals surface area contributed by atoms with E-state index in [9.17, 15) is 14.4 Å². The van der Waals surface area contributed by atoms with E-state index < -0.39 is 59.7 Å². The molecule has 3 aromatic rings. The van der Waals surface area contributed by atoms with Crippen molar-refractivity contribution >= 4 is 23.4 Å². The van der Waals surface area contributed by atoms with Crippen LogP contribution in [0, 0.1) is 0 Å². The van der Waals surface area contributed by atoms with Crippen LogP contribution in [-0.2, 0) is 15.9 Å². The van der Waals surface area contributed by atoms with Gasteiger partial charge in [-0.3, -0.25) is 14.2 Å². The molecule has 1 unspecified atom stereocenters. The summed E-state index contributed by atoms with van der Waals surface area (Å²) in [5, 5.41) is 0.267. The Morgan fingerprint density at radius 1 is 1.19 bits per heavy atom. The number of carbonyl (C=O) groups excluding carboxylic acids is 2. The highest BCUT2D eigenvalue weighted by molar-refractivity contribution is 6.31. The molecular weight excluding hydrogens is 430 g/mol. The third-order valence-electron chi connectivity index (χ3n) is 4.48. The van der Waals surface area contributed by atoms with E-state index in [0.717, 1.165) is 12.3 Å². The number of ether oxygens (including phenoxy) is 2. The van der Waals surface area contributed by atoms with Crippen LogP contribution in [-0.4, -0.2) is 30.0 Å². The average Bonchev–Trinajstić information content (AvgIpc) is 2.86. The Morgan fingerprint density at radius 3 is 2.53 bits per heavy atom. The van der Waals surface area contributed by atoms with Gasteiger partial charge in [-0.25, -0.2) is 4.79 Å². The molecule has 1 aromatic heterocycles. The molecule has 0 N–H and O–H groups in total. The summed E-state index contributed by atoms with van der Waals surface area (Å²) in [6, 6.07) is -0.776. The van der Waals surface area contributed by atoms with Crippen LogP contribution in [0.1, 0.15) is 45.4 Å². The summed E-state index contributed by atoms with van der Waals surface area (Å²) in [6.07, 6.45) is -1.99. The maximum absolute atomic E-state index is 13.5. The first kappa shape index (κ1) is 15.4. The number of pyridine rings is 1. The van der Waals surface area contributed by atoms with Crippen LogP contribution in [0.4, 0.5) is 0 Å². The Labute approximate surface area is 201 Å². The van der Waals surface area contributed by atoms with Crippen molar-refractivity contribution in [3.05, 3.63) is 87.2 Å². The van der Waals surface area contributed by atoms with Gasteiger partial charge in [-0.1, -0.05) is 41.8 Å². The number of benzene rings is 2. The predicted octanol–water partition coefficient (Wildman–Crippen LogP) is 4.73. The van der Waals surface area contributed by atoms with Crippen LogP contribution < -0.4 is 10.3 Å². The van der Waals surface area contributed by atoms with Gasteiger partial charge in [0.1, 0.15) is 11.8 Å². The van der Waals surface area contributed by atoms with Crippen LogP contribution >= 0.6 is 11.6 Å². The van der Waals surface area contributed by atoms with Gasteiger partial charge in [0.05, 0.1) is 26.8 Å². The van der Waals surface area contributed by atoms with Crippen molar-refractivity contribution in [2.75, 3.05) is 13.7 Å². The number of methoxy groups -OCH3 is 1. The lowest BCUT2D eigenvalue weighted by Crippen LogP contribution is -2.32. The maximum Gasteiger partial charge on any atom is 0.329 e. The second-order valence-corrected chi connectivity index (χ2v) is 6.98. The number of aromatic nitrogens is 1. The largest absolute Gasteiger partial charge is 0.495 e. The molecule has 0 aliphatic carbocycles. The van der Waals surface area contributed by atoms with Crippen LogP contribution in [0.25, 0.3) is 11.1 Å². The number of hydrogen-bond acceptors (Lipinski definition) is 5. The molecule has 0 aliphatic heterocycles. The van der Waals surface area contributed by atoms with Crippen molar-refractivity contribution in [2.45, 2.75) is 26.3 Å². The number of ketones is 1. The lowest BCUT2D eigenvalue weighted by Gasteiger charge is -2.21. The fourth-order valence-electron chi connectivity index (χ4n) is 3.07. The highest BCUT2D eigenvalue weighted by Crippen LogP contribution is 2.34. The number of esters is 1. The predicted molar refractivity (Wildman–Crippen MR) is 124 cm³/mol. The number of carbonyl (C=O) groups is 2. The third-order valence-corrected chi connectivity index (χ3v) is 4.72. The van der Waals surface area contributed by atoms with Gasteiger partial charge in [-0.15, -0.1) is 0 Å². The second-order valence-electron chi connectivity index (χ2n) is 6.55. The molecule has 0 radical (unpaired) electrons. The van der Waals surface area contributed by atoms with Crippen molar-refractivity contribution in [3.63, 3.8) is 0 Å². The summed E-state index contributed by atoms with van der Waals surface area (Å²) in [5.74, 6) is -1.58. The Kier molecular flexibility index (Phi) is 4.96. The van der Waals surface area contributed by atoms with Crippen LogP contribution in [0.15, 0.2) is 65.5 Å². The molecule has 0 saturated carbocycles. The van der Waals surface area contributed by atoms with Crippen molar-refractivity contribution in [1.29, 1.82) is 0 Å². The molecular formula is C25H24ClNO5. The van der Waals surface area contributed by atoms with E-state index in [1.54, 1.807) is 0 Å². The average molecular weight is 461 g/mol. The summed E-state index contributed by atoms with van der Waals surface area (Å²) in [5.41, 5.74) is -1.12. The standard InChI is InChI=1S/C25H24ClNO5/c1-4-32-25(30)22(12-17-8-6-5-7-9-17)27-15-23(31-3)21(14-24(27)29)20-13-18(26)10-11-19(20)16(2)28/h5-11,13-15,22H,4,12H2,1-3H3/i5D,6D,7D,8D,9D,12D2. The van der Waals surface area contributed by atoms with Gasteiger partial charge < -0.3 is 9.47 Å². The molecule has 0 saturated heterocycles.